The first-order valence-electron chi connectivity index (χ1n) is 6.76. The lowest BCUT2D eigenvalue weighted by Gasteiger charge is -2.23. The van der Waals surface area contributed by atoms with Crippen LogP contribution in [-0.4, -0.2) is 47.9 Å². The van der Waals surface area contributed by atoms with Crippen LogP contribution >= 0.6 is 0 Å². The Morgan fingerprint density at radius 1 is 1.11 bits per heavy atom. The van der Waals surface area contributed by atoms with Gasteiger partial charge < -0.3 is 15.5 Å². The van der Waals surface area contributed by atoms with Gasteiger partial charge in [0.25, 0.3) is 0 Å². The molecule has 0 unspecified atom stereocenters. The third kappa shape index (κ3) is 2.46. The number of rotatable bonds is 2. The van der Waals surface area contributed by atoms with Gasteiger partial charge in [-0.25, -0.2) is 0 Å². The van der Waals surface area contributed by atoms with Gasteiger partial charge in [-0.2, -0.15) is 5.10 Å². The highest BCUT2D eigenvalue weighted by atomic mass is 15.4. The van der Waals surface area contributed by atoms with Crippen molar-refractivity contribution in [2.24, 2.45) is 7.05 Å². The minimum atomic E-state index is 0.375. The van der Waals surface area contributed by atoms with E-state index >= 15 is 0 Å². The Labute approximate surface area is 110 Å². The standard InChI is InChI=1S/C13H25N5/c1-10(2)12-11(14)13(17(4)15-12)18-7-5-6-16(3)8-9-18/h10H,5-9,14H2,1-4H3. The fraction of sp³-hybridized carbons (Fsp3) is 0.769. The number of aryl methyl sites for hydroxylation is 1. The summed E-state index contributed by atoms with van der Waals surface area (Å²) in [6, 6.07) is 0. The summed E-state index contributed by atoms with van der Waals surface area (Å²) < 4.78 is 1.94. The van der Waals surface area contributed by atoms with Crippen molar-refractivity contribution in [2.45, 2.75) is 26.2 Å². The molecule has 1 saturated heterocycles. The van der Waals surface area contributed by atoms with Crippen molar-refractivity contribution < 1.29 is 0 Å². The first-order chi connectivity index (χ1) is 8.50. The van der Waals surface area contributed by atoms with Gasteiger partial charge in [-0.15, -0.1) is 0 Å². The predicted octanol–water partition coefficient (Wildman–Crippen LogP) is 1.27. The Morgan fingerprint density at radius 2 is 1.83 bits per heavy atom. The summed E-state index contributed by atoms with van der Waals surface area (Å²) in [6.45, 7) is 8.60. The van der Waals surface area contributed by atoms with Crippen LogP contribution in [0.1, 0.15) is 31.9 Å². The second-order valence-corrected chi connectivity index (χ2v) is 5.54. The molecule has 5 nitrogen and oxygen atoms in total. The molecule has 0 bridgehead atoms. The topological polar surface area (TPSA) is 50.3 Å². The van der Waals surface area contributed by atoms with E-state index in [-0.39, 0.29) is 0 Å². The summed E-state index contributed by atoms with van der Waals surface area (Å²) in [4.78, 5) is 4.74. The number of anilines is 2. The van der Waals surface area contributed by atoms with Crippen molar-refractivity contribution in [1.29, 1.82) is 0 Å². The third-order valence-electron chi connectivity index (χ3n) is 3.65. The van der Waals surface area contributed by atoms with Crippen LogP contribution in [-0.2, 0) is 7.05 Å². The number of likely N-dealkylation sites (N-methyl/N-ethyl adjacent to an activating group) is 1. The van der Waals surface area contributed by atoms with Crippen LogP contribution in [0.2, 0.25) is 0 Å². The molecule has 2 rings (SSSR count). The molecule has 1 aromatic rings. The van der Waals surface area contributed by atoms with Gasteiger partial charge in [-0.1, -0.05) is 13.8 Å². The molecule has 2 heterocycles. The Kier molecular flexibility index (Phi) is 3.80. The highest BCUT2D eigenvalue weighted by molar-refractivity contribution is 5.67. The van der Waals surface area contributed by atoms with E-state index in [1.807, 2.05) is 11.7 Å². The molecule has 0 radical (unpaired) electrons. The zero-order valence-corrected chi connectivity index (χ0v) is 12.0. The largest absolute Gasteiger partial charge is 0.394 e. The van der Waals surface area contributed by atoms with Crippen molar-refractivity contribution in [1.82, 2.24) is 14.7 Å². The molecular formula is C13H25N5. The molecule has 0 spiro atoms. The maximum Gasteiger partial charge on any atom is 0.150 e. The molecule has 0 saturated carbocycles. The molecule has 1 aliphatic heterocycles. The number of hydrogen-bond donors (Lipinski definition) is 1. The SMILES string of the molecule is CC(C)c1nn(C)c(N2CCCN(C)CC2)c1N. The van der Waals surface area contributed by atoms with Gasteiger partial charge in [0, 0.05) is 26.7 Å². The van der Waals surface area contributed by atoms with E-state index in [1.165, 1.54) is 6.42 Å². The lowest BCUT2D eigenvalue weighted by molar-refractivity contribution is 0.360. The van der Waals surface area contributed by atoms with Crippen molar-refractivity contribution in [3.05, 3.63) is 5.69 Å². The molecule has 0 aliphatic carbocycles. The first kappa shape index (κ1) is 13.2. The van der Waals surface area contributed by atoms with Gasteiger partial charge in [0.15, 0.2) is 0 Å². The molecular weight excluding hydrogens is 226 g/mol. The summed E-state index contributed by atoms with van der Waals surface area (Å²) in [5, 5.41) is 4.57. The van der Waals surface area contributed by atoms with Crippen LogP contribution in [0.15, 0.2) is 0 Å². The Balaban J connectivity index is 2.27. The molecule has 1 aromatic heterocycles. The summed E-state index contributed by atoms with van der Waals surface area (Å²) in [6.07, 6.45) is 1.18. The van der Waals surface area contributed by atoms with Gasteiger partial charge >= 0.3 is 0 Å². The molecule has 102 valence electrons. The fourth-order valence-corrected chi connectivity index (χ4v) is 2.61. The smallest absolute Gasteiger partial charge is 0.150 e. The Bertz CT molecular complexity index is 410. The minimum absolute atomic E-state index is 0.375. The lowest BCUT2D eigenvalue weighted by Crippen LogP contribution is -2.30. The van der Waals surface area contributed by atoms with Crippen molar-refractivity contribution >= 4 is 11.5 Å². The fourth-order valence-electron chi connectivity index (χ4n) is 2.61. The average molecular weight is 251 g/mol. The molecule has 0 amide bonds. The molecule has 18 heavy (non-hydrogen) atoms. The van der Waals surface area contributed by atoms with E-state index in [4.69, 9.17) is 5.73 Å². The van der Waals surface area contributed by atoms with Crippen molar-refractivity contribution in [2.75, 3.05) is 43.9 Å². The monoisotopic (exact) mass is 251 g/mol. The Morgan fingerprint density at radius 3 is 2.44 bits per heavy atom. The molecule has 1 aliphatic rings. The van der Waals surface area contributed by atoms with Gasteiger partial charge in [0.1, 0.15) is 5.82 Å². The van der Waals surface area contributed by atoms with E-state index < -0.39 is 0 Å². The van der Waals surface area contributed by atoms with Crippen LogP contribution in [0.5, 0.6) is 0 Å². The summed E-state index contributed by atoms with van der Waals surface area (Å²) >= 11 is 0. The van der Waals surface area contributed by atoms with Gasteiger partial charge in [0.05, 0.1) is 11.4 Å². The van der Waals surface area contributed by atoms with Crippen LogP contribution in [0, 0.1) is 0 Å². The molecule has 2 N–H and O–H groups in total. The van der Waals surface area contributed by atoms with E-state index in [0.29, 0.717) is 5.92 Å². The third-order valence-corrected chi connectivity index (χ3v) is 3.65. The van der Waals surface area contributed by atoms with E-state index in [9.17, 15) is 0 Å². The van der Waals surface area contributed by atoms with Gasteiger partial charge in [-0.3, -0.25) is 4.68 Å². The predicted molar refractivity (Wildman–Crippen MR) is 76.0 cm³/mol. The molecule has 0 atom stereocenters. The quantitative estimate of drug-likeness (QED) is 0.860. The Hall–Kier alpha value is -1.23. The highest BCUT2D eigenvalue weighted by Crippen LogP contribution is 2.31. The van der Waals surface area contributed by atoms with Crippen LogP contribution in [0.25, 0.3) is 0 Å². The van der Waals surface area contributed by atoms with Crippen LogP contribution in [0.3, 0.4) is 0 Å². The number of nitrogen functional groups attached to an aromatic ring is 1. The minimum Gasteiger partial charge on any atom is -0.394 e. The zero-order valence-electron chi connectivity index (χ0n) is 12.0. The molecule has 0 aromatic carbocycles. The van der Waals surface area contributed by atoms with Gasteiger partial charge in [-0.05, 0) is 25.9 Å². The summed E-state index contributed by atoms with van der Waals surface area (Å²) in [7, 11) is 4.17. The van der Waals surface area contributed by atoms with E-state index in [1.54, 1.807) is 0 Å². The molecule has 1 fully saturated rings. The second-order valence-electron chi connectivity index (χ2n) is 5.54. The maximum absolute atomic E-state index is 6.28. The van der Waals surface area contributed by atoms with E-state index in [2.05, 4.69) is 35.8 Å². The number of nitrogens with two attached hydrogens (primary N) is 1. The van der Waals surface area contributed by atoms with Crippen LogP contribution in [0.4, 0.5) is 11.5 Å². The van der Waals surface area contributed by atoms with Gasteiger partial charge in [0.2, 0.25) is 0 Å². The summed E-state index contributed by atoms with van der Waals surface area (Å²) in [5.41, 5.74) is 8.16. The van der Waals surface area contributed by atoms with Crippen molar-refractivity contribution in [3.8, 4) is 0 Å². The molecule has 5 heteroatoms. The zero-order chi connectivity index (χ0) is 13.3. The van der Waals surface area contributed by atoms with Crippen LogP contribution < -0.4 is 10.6 Å². The lowest BCUT2D eigenvalue weighted by atomic mass is 10.1. The number of aromatic nitrogens is 2. The number of hydrogen-bond acceptors (Lipinski definition) is 4. The highest BCUT2D eigenvalue weighted by Gasteiger charge is 2.22. The summed E-state index contributed by atoms with van der Waals surface area (Å²) in [5.74, 6) is 1.47. The normalized spacial score (nSPS) is 18.4. The average Bonchev–Trinajstić information content (AvgIpc) is 2.48. The maximum atomic E-state index is 6.28. The first-order valence-corrected chi connectivity index (χ1v) is 6.76. The number of nitrogens with zero attached hydrogens (tertiary/aromatic N) is 4. The van der Waals surface area contributed by atoms with E-state index in [0.717, 1.165) is 43.4 Å². The van der Waals surface area contributed by atoms with Crippen molar-refractivity contribution in [3.63, 3.8) is 0 Å². The second kappa shape index (κ2) is 5.18.